The summed E-state index contributed by atoms with van der Waals surface area (Å²) < 4.78 is 6.16. The van der Waals surface area contributed by atoms with Crippen molar-refractivity contribution in [3.8, 4) is 22.6 Å². The average Bonchev–Trinajstić information content (AvgIpc) is 2.88. The molecular formula is C31H40O4. The molecule has 3 aromatic rings. The third-order valence-electron chi connectivity index (χ3n) is 7.32. The smallest absolute Gasteiger partial charge is 0.124 e. The predicted octanol–water partition coefficient (Wildman–Crippen LogP) is 7.13. The highest BCUT2D eigenvalue weighted by Gasteiger charge is 2.26. The number of aliphatic hydroxyl groups excluding tert-OH is 1. The van der Waals surface area contributed by atoms with Crippen molar-refractivity contribution in [3.05, 3.63) is 81.9 Å². The standard InChI is InChI=1S/C31H40O4/c1-7-22-12-14-26(35-19-24-11-10-23(18-32)30(33)21(24)6)17-29(22)27-15-13-25(16-28(27)20(4)5)31(34,8-2)9-3/h10-17,20,32-34H,7-9,18-19H2,1-6H3. The van der Waals surface area contributed by atoms with Crippen LogP contribution in [0.15, 0.2) is 48.5 Å². The number of aliphatic hydroxyl groups is 2. The first-order valence-electron chi connectivity index (χ1n) is 12.7. The molecule has 35 heavy (non-hydrogen) atoms. The van der Waals surface area contributed by atoms with E-state index in [1.807, 2.05) is 32.9 Å². The van der Waals surface area contributed by atoms with Gasteiger partial charge in [-0.2, -0.15) is 0 Å². The van der Waals surface area contributed by atoms with Crippen molar-refractivity contribution in [1.82, 2.24) is 0 Å². The topological polar surface area (TPSA) is 69.9 Å². The summed E-state index contributed by atoms with van der Waals surface area (Å²) in [5.41, 5.74) is 7.06. The summed E-state index contributed by atoms with van der Waals surface area (Å²) in [6.07, 6.45) is 2.26. The minimum absolute atomic E-state index is 0.122. The van der Waals surface area contributed by atoms with Crippen molar-refractivity contribution in [2.24, 2.45) is 0 Å². The number of ether oxygens (including phenoxy) is 1. The molecule has 0 radical (unpaired) electrons. The second kappa shape index (κ2) is 11.3. The maximum Gasteiger partial charge on any atom is 0.124 e. The van der Waals surface area contributed by atoms with E-state index in [4.69, 9.17) is 4.74 Å². The summed E-state index contributed by atoms with van der Waals surface area (Å²) in [5.74, 6) is 1.18. The Hall–Kier alpha value is -2.82. The van der Waals surface area contributed by atoms with Gasteiger partial charge in [0.15, 0.2) is 0 Å². The Morgan fingerprint density at radius 3 is 2.11 bits per heavy atom. The van der Waals surface area contributed by atoms with E-state index < -0.39 is 5.60 Å². The van der Waals surface area contributed by atoms with E-state index in [9.17, 15) is 15.3 Å². The summed E-state index contributed by atoms with van der Waals surface area (Å²) in [6, 6.07) is 16.2. The van der Waals surface area contributed by atoms with E-state index >= 15 is 0 Å². The van der Waals surface area contributed by atoms with Crippen molar-refractivity contribution < 1.29 is 20.1 Å². The quantitative estimate of drug-likeness (QED) is 0.291. The fourth-order valence-corrected chi connectivity index (χ4v) is 4.68. The lowest BCUT2D eigenvalue weighted by molar-refractivity contribution is 0.0283. The van der Waals surface area contributed by atoms with Gasteiger partial charge in [-0.25, -0.2) is 0 Å². The molecule has 3 N–H and O–H groups in total. The minimum Gasteiger partial charge on any atom is -0.507 e. The van der Waals surface area contributed by atoms with Crippen molar-refractivity contribution in [3.63, 3.8) is 0 Å². The van der Waals surface area contributed by atoms with Gasteiger partial charge in [0.1, 0.15) is 18.1 Å². The number of hydrogen-bond donors (Lipinski definition) is 3. The van der Waals surface area contributed by atoms with Gasteiger partial charge in [-0.05, 0) is 83.2 Å². The molecule has 0 spiro atoms. The van der Waals surface area contributed by atoms with Crippen molar-refractivity contribution >= 4 is 0 Å². The molecule has 3 aromatic carbocycles. The number of aromatic hydroxyl groups is 1. The normalized spacial score (nSPS) is 11.8. The number of phenols is 1. The van der Waals surface area contributed by atoms with Crippen molar-refractivity contribution in [2.45, 2.75) is 85.5 Å². The van der Waals surface area contributed by atoms with Crippen LogP contribution in [0.25, 0.3) is 11.1 Å². The molecule has 0 heterocycles. The highest BCUT2D eigenvalue weighted by atomic mass is 16.5. The van der Waals surface area contributed by atoms with E-state index in [1.165, 1.54) is 16.7 Å². The lowest BCUT2D eigenvalue weighted by Gasteiger charge is -2.28. The minimum atomic E-state index is -0.810. The molecule has 4 heteroatoms. The largest absolute Gasteiger partial charge is 0.507 e. The van der Waals surface area contributed by atoms with Gasteiger partial charge in [0.25, 0.3) is 0 Å². The number of hydrogen-bond acceptors (Lipinski definition) is 4. The molecule has 0 saturated heterocycles. The maximum absolute atomic E-state index is 11.1. The molecule has 0 aromatic heterocycles. The van der Waals surface area contributed by atoms with Crippen molar-refractivity contribution in [2.75, 3.05) is 0 Å². The number of aryl methyl sites for hydroxylation is 1. The summed E-state index contributed by atoms with van der Waals surface area (Å²) in [4.78, 5) is 0. The molecule has 0 atom stereocenters. The summed E-state index contributed by atoms with van der Waals surface area (Å²) in [6.45, 7) is 12.6. The van der Waals surface area contributed by atoms with Crippen LogP contribution >= 0.6 is 0 Å². The first-order chi connectivity index (χ1) is 16.7. The molecule has 0 aliphatic heterocycles. The monoisotopic (exact) mass is 476 g/mol. The SMILES string of the molecule is CCc1ccc(OCc2ccc(CO)c(O)c2C)cc1-c1ccc(C(O)(CC)CC)cc1C(C)C. The molecule has 0 saturated carbocycles. The van der Waals surface area contributed by atoms with E-state index in [0.29, 0.717) is 30.9 Å². The Kier molecular flexibility index (Phi) is 8.63. The Labute approximate surface area is 210 Å². The highest BCUT2D eigenvalue weighted by molar-refractivity contribution is 5.73. The van der Waals surface area contributed by atoms with Gasteiger partial charge in [0, 0.05) is 5.56 Å². The Balaban J connectivity index is 1.99. The van der Waals surface area contributed by atoms with Crippen molar-refractivity contribution in [1.29, 1.82) is 0 Å². The molecule has 0 amide bonds. The highest BCUT2D eigenvalue weighted by Crippen LogP contribution is 2.38. The van der Waals surface area contributed by atoms with Gasteiger partial charge >= 0.3 is 0 Å². The first-order valence-corrected chi connectivity index (χ1v) is 12.7. The first kappa shape index (κ1) is 26.8. The fraction of sp³-hybridized carbons (Fsp3) is 0.419. The van der Waals surface area contributed by atoms with E-state index in [-0.39, 0.29) is 12.4 Å². The molecule has 4 nitrogen and oxygen atoms in total. The summed E-state index contributed by atoms with van der Waals surface area (Å²) in [7, 11) is 0. The van der Waals surface area contributed by atoms with Crippen LogP contribution in [0.4, 0.5) is 0 Å². The van der Waals surface area contributed by atoms with Gasteiger partial charge in [-0.15, -0.1) is 0 Å². The van der Waals surface area contributed by atoms with Gasteiger partial charge in [0.05, 0.1) is 12.2 Å². The van der Waals surface area contributed by atoms with Gasteiger partial charge in [0.2, 0.25) is 0 Å². The predicted molar refractivity (Wildman–Crippen MR) is 143 cm³/mol. The number of benzene rings is 3. The van der Waals surface area contributed by atoms with Crippen LogP contribution in [-0.2, 0) is 25.2 Å². The van der Waals surface area contributed by atoms with Gasteiger partial charge in [-0.3, -0.25) is 0 Å². The van der Waals surface area contributed by atoms with Crippen LogP contribution in [0.3, 0.4) is 0 Å². The molecule has 0 fully saturated rings. The second-order valence-corrected chi connectivity index (χ2v) is 9.67. The van der Waals surface area contributed by atoms with Crippen LogP contribution in [0.5, 0.6) is 11.5 Å². The average molecular weight is 477 g/mol. The molecule has 0 bridgehead atoms. The van der Waals surface area contributed by atoms with Crippen LogP contribution in [0, 0.1) is 6.92 Å². The number of rotatable bonds is 10. The van der Waals surface area contributed by atoms with E-state index in [2.05, 4.69) is 51.1 Å². The molecule has 0 aliphatic rings. The lowest BCUT2D eigenvalue weighted by Crippen LogP contribution is -2.23. The molecule has 188 valence electrons. The van der Waals surface area contributed by atoms with Crippen LogP contribution in [0.2, 0.25) is 0 Å². The Bertz CT molecular complexity index is 1160. The zero-order chi connectivity index (χ0) is 25.8. The Morgan fingerprint density at radius 2 is 1.51 bits per heavy atom. The molecule has 3 rings (SSSR count). The fourth-order valence-electron chi connectivity index (χ4n) is 4.68. The van der Waals surface area contributed by atoms with Crippen LogP contribution < -0.4 is 4.74 Å². The second-order valence-electron chi connectivity index (χ2n) is 9.67. The third-order valence-corrected chi connectivity index (χ3v) is 7.32. The zero-order valence-electron chi connectivity index (χ0n) is 22.0. The maximum atomic E-state index is 11.1. The lowest BCUT2D eigenvalue weighted by atomic mass is 9.82. The third kappa shape index (κ3) is 5.55. The summed E-state index contributed by atoms with van der Waals surface area (Å²) in [5, 5.41) is 30.8. The zero-order valence-corrected chi connectivity index (χ0v) is 22.0. The van der Waals surface area contributed by atoms with Gasteiger partial charge in [-0.1, -0.05) is 71.0 Å². The Morgan fingerprint density at radius 1 is 0.857 bits per heavy atom. The molecule has 0 unspecified atom stereocenters. The van der Waals surface area contributed by atoms with Crippen LogP contribution in [0.1, 0.15) is 86.8 Å². The molecular weight excluding hydrogens is 436 g/mol. The van der Waals surface area contributed by atoms with E-state index in [0.717, 1.165) is 34.4 Å². The molecule has 0 aliphatic carbocycles. The van der Waals surface area contributed by atoms with Gasteiger partial charge < -0.3 is 20.1 Å². The van der Waals surface area contributed by atoms with Crippen LogP contribution in [-0.4, -0.2) is 15.3 Å². The summed E-state index contributed by atoms with van der Waals surface area (Å²) >= 11 is 0. The van der Waals surface area contributed by atoms with E-state index in [1.54, 1.807) is 6.07 Å².